The van der Waals surface area contributed by atoms with E-state index in [2.05, 4.69) is 22.3 Å². The van der Waals surface area contributed by atoms with Crippen LogP contribution in [0.3, 0.4) is 0 Å². The van der Waals surface area contributed by atoms with Gasteiger partial charge in [0.25, 0.3) is 0 Å². The van der Waals surface area contributed by atoms with Crippen LogP contribution in [0.1, 0.15) is 32.6 Å². The van der Waals surface area contributed by atoms with Gasteiger partial charge in [-0.3, -0.25) is 0 Å². The van der Waals surface area contributed by atoms with Crippen LogP contribution in [0.4, 0.5) is 0 Å². The van der Waals surface area contributed by atoms with Gasteiger partial charge in [0, 0.05) is 25.6 Å². The van der Waals surface area contributed by atoms with Gasteiger partial charge in [-0.25, -0.2) is 0 Å². The Balaban J connectivity index is 2.12. The summed E-state index contributed by atoms with van der Waals surface area (Å²) in [4.78, 5) is 2.48. The molecule has 1 fully saturated rings. The van der Waals surface area contributed by atoms with Crippen molar-refractivity contribution in [3.8, 4) is 0 Å². The van der Waals surface area contributed by atoms with Crippen LogP contribution in [0.25, 0.3) is 0 Å². The topological polar surface area (TPSA) is 73.9 Å². The lowest BCUT2D eigenvalue weighted by Crippen LogP contribution is -2.38. The Hall–Kier alpha value is -0.810. The average molecular weight is 228 g/mol. The number of nitrogens with one attached hydrogen (secondary N) is 1. The van der Waals surface area contributed by atoms with E-state index in [9.17, 15) is 0 Å². The Labute approximate surface area is 97.7 Å². The molecule has 16 heavy (non-hydrogen) atoms. The van der Waals surface area contributed by atoms with Crippen molar-refractivity contribution in [2.75, 3.05) is 26.2 Å². The smallest absolute Gasteiger partial charge is 0.140 e. The zero-order chi connectivity index (χ0) is 11.8. The molecule has 0 aliphatic carbocycles. The van der Waals surface area contributed by atoms with Crippen molar-refractivity contribution in [2.24, 2.45) is 10.9 Å². The zero-order valence-electron chi connectivity index (χ0n) is 10.2. The van der Waals surface area contributed by atoms with Gasteiger partial charge < -0.3 is 21.2 Å². The molecule has 1 rings (SSSR count). The largest absolute Gasteiger partial charge is 0.409 e. The van der Waals surface area contributed by atoms with E-state index in [-0.39, 0.29) is 0 Å². The zero-order valence-corrected chi connectivity index (χ0v) is 10.2. The maximum Gasteiger partial charge on any atom is 0.140 e. The van der Waals surface area contributed by atoms with Crippen molar-refractivity contribution in [2.45, 2.75) is 38.6 Å². The highest BCUT2D eigenvalue weighted by Gasteiger charge is 2.12. The highest BCUT2D eigenvalue weighted by Crippen LogP contribution is 2.06. The molecule has 0 aromatic heterocycles. The molecule has 1 atom stereocenters. The van der Waals surface area contributed by atoms with Crippen LogP contribution in [0, 0.1) is 0 Å². The molecule has 94 valence electrons. The Kier molecular flexibility index (Phi) is 6.18. The average Bonchev–Trinajstić information content (AvgIpc) is 2.80. The molecule has 1 aliphatic rings. The molecule has 0 amide bonds. The van der Waals surface area contributed by atoms with Gasteiger partial charge >= 0.3 is 0 Å². The molecular weight excluding hydrogens is 204 g/mol. The molecule has 1 heterocycles. The summed E-state index contributed by atoms with van der Waals surface area (Å²) >= 11 is 0. The number of likely N-dealkylation sites (tertiary alicyclic amines) is 1. The maximum absolute atomic E-state index is 8.50. The fourth-order valence-electron chi connectivity index (χ4n) is 2.09. The third-order valence-corrected chi connectivity index (χ3v) is 3.14. The fraction of sp³-hybridized carbons (Fsp3) is 0.909. The van der Waals surface area contributed by atoms with E-state index >= 15 is 0 Å². The van der Waals surface area contributed by atoms with E-state index in [0.29, 0.717) is 18.3 Å². The normalized spacial score (nSPS) is 20.2. The first-order valence-corrected chi connectivity index (χ1v) is 6.18. The van der Waals surface area contributed by atoms with Crippen LogP contribution in [0.5, 0.6) is 0 Å². The van der Waals surface area contributed by atoms with Crippen molar-refractivity contribution in [1.29, 1.82) is 0 Å². The summed E-state index contributed by atoms with van der Waals surface area (Å²) in [6, 6.07) is 0.318. The van der Waals surface area contributed by atoms with Gasteiger partial charge in [-0.1, -0.05) is 12.1 Å². The number of amidine groups is 1. The number of rotatable bonds is 7. The van der Waals surface area contributed by atoms with Crippen LogP contribution >= 0.6 is 0 Å². The molecule has 0 bridgehead atoms. The summed E-state index contributed by atoms with van der Waals surface area (Å²) < 4.78 is 0. The SMILES string of the molecule is CCC(CC(N)=NO)NCCN1CCCC1. The van der Waals surface area contributed by atoms with E-state index in [0.717, 1.165) is 19.5 Å². The third-order valence-electron chi connectivity index (χ3n) is 3.14. The highest BCUT2D eigenvalue weighted by atomic mass is 16.4. The number of nitrogens with two attached hydrogens (primary N) is 1. The minimum absolute atomic E-state index is 0.306. The highest BCUT2D eigenvalue weighted by molar-refractivity contribution is 5.80. The van der Waals surface area contributed by atoms with Crippen molar-refractivity contribution < 1.29 is 5.21 Å². The van der Waals surface area contributed by atoms with Crippen LogP contribution in [0.15, 0.2) is 5.16 Å². The molecule has 0 spiro atoms. The van der Waals surface area contributed by atoms with Crippen molar-refractivity contribution >= 4 is 5.84 Å². The summed E-state index contributed by atoms with van der Waals surface area (Å²) in [5, 5.41) is 15.0. The summed E-state index contributed by atoms with van der Waals surface area (Å²) in [6.07, 6.45) is 4.28. The lowest BCUT2D eigenvalue weighted by Gasteiger charge is -2.19. The maximum atomic E-state index is 8.50. The van der Waals surface area contributed by atoms with Gasteiger partial charge in [0.2, 0.25) is 0 Å². The van der Waals surface area contributed by atoms with Gasteiger partial charge in [0.1, 0.15) is 5.84 Å². The summed E-state index contributed by atoms with van der Waals surface area (Å²) in [5.41, 5.74) is 5.49. The van der Waals surface area contributed by atoms with Crippen LogP contribution in [-0.2, 0) is 0 Å². The molecule has 0 saturated carbocycles. The first-order chi connectivity index (χ1) is 7.76. The molecule has 1 aliphatic heterocycles. The second-order valence-electron chi connectivity index (χ2n) is 4.40. The standard InChI is InChI=1S/C11H24N4O/c1-2-10(9-11(12)14-16)13-5-8-15-6-3-4-7-15/h10,13,16H,2-9H2,1H3,(H2,12,14). The lowest BCUT2D eigenvalue weighted by atomic mass is 10.1. The summed E-state index contributed by atoms with van der Waals surface area (Å²) in [5.74, 6) is 0.306. The predicted molar refractivity (Wildman–Crippen MR) is 65.8 cm³/mol. The van der Waals surface area contributed by atoms with Crippen LogP contribution in [-0.4, -0.2) is 48.2 Å². The molecule has 0 aromatic rings. The van der Waals surface area contributed by atoms with Gasteiger partial charge in [0.15, 0.2) is 0 Å². The Morgan fingerprint density at radius 1 is 1.50 bits per heavy atom. The van der Waals surface area contributed by atoms with E-state index < -0.39 is 0 Å². The van der Waals surface area contributed by atoms with Crippen LogP contribution < -0.4 is 11.1 Å². The van der Waals surface area contributed by atoms with Gasteiger partial charge in [0.05, 0.1) is 0 Å². The van der Waals surface area contributed by atoms with E-state index in [1.807, 2.05) is 0 Å². The molecule has 5 nitrogen and oxygen atoms in total. The Bertz CT molecular complexity index is 214. The fourth-order valence-corrected chi connectivity index (χ4v) is 2.09. The van der Waals surface area contributed by atoms with Gasteiger partial charge in [-0.05, 0) is 32.4 Å². The second kappa shape index (κ2) is 7.46. The second-order valence-corrected chi connectivity index (χ2v) is 4.40. The first kappa shape index (κ1) is 13.3. The number of oxime groups is 1. The Morgan fingerprint density at radius 2 is 2.19 bits per heavy atom. The third kappa shape index (κ3) is 4.81. The summed E-state index contributed by atoms with van der Waals surface area (Å²) in [7, 11) is 0. The molecule has 0 aromatic carbocycles. The van der Waals surface area contributed by atoms with E-state index in [4.69, 9.17) is 10.9 Å². The molecular formula is C11H24N4O. The van der Waals surface area contributed by atoms with E-state index in [1.54, 1.807) is 0 Å². The predicted octanol–water partition coefficient (Wildman–Crippen LogP) is 0.587. The molecule has 1 saturated heterocycles. The quantitative estimate of drug-likeness (QED) is 0.258. The molecule has 5 heteroatoms. The minimum Gasteiger partial charge on any atom is -0.409 e. The number of hydrogen-bond acceptors (Lipinski definition) is 4. The lowest BCUT2D eigenvalue weighted by molar-refractivity contribution is 0.312. The first-order valence-electron chi connectivity index (χ1n) is 6.18. The van der Waals surface area contributed by atoms with Crippen molar-refractivity contribution in [3.63, 3.8) is 0 Å². The number of nitrogens with zero attached hydrogens (tertiary/aromatic N) is 2. The summed E-state index contributed by atoms with van der Waals surface area (Å²) in [6.45, 7) is 6.67. The molecule has 1 unspecified atom stereocenters. The van der Waals surface area contributed by atoms with Gasteiger partial charge in [-0.15, -0.1) is 0 Å². The van der Waals surface area contributed by atoms with Crippen LogP contribution in [0.2, 0.25) is 0 Å². The van der Waals surface area contributed by atoms with Gasteiger partial charge in [-0.2, -0.15) is 0 Å². The van der Waals surface area contributed by atoms with Crippen molar-refractivity contribution in [1.82, 2.24) is 10.2 Å². The monoisotopic (exact) mass is 228 g/mol. The van der Waals surface area contributed by atoms with Crippen molar-refractivity contribution in [3.05, 3.63) is 0 Å². The molecule has 4 N–H and O–H groups in total. The molecule has 0 radical (unpaired) electrons. The minimum atomic E-state index is 0.306. The number of hydrogen-bond donors (Lipinski definition) is 3. The van der Waals surface area contributed by atoms with E-state index in [1.165, 1.54) is 25.9 Å². The Morgan fingerprint density at radius 3 is 2.75 bits per heavy atom.